The highest BCUT2D eigenvalue weighted by molar-refractivity contribution is 5.03. The van der Waals surface area contributed by atoms with Gasteiger partial charge in [0.05, 0.1) is 43.1 Å². The first kappa shape index (κ1) is 19.0. The van der Waals surface area contributed by atoms with E-state index in [0.29, 0.717) is 43.5 Å². The second-order valence-corrected chi connectivity index (χ2v) is 10.3. The van der Waals surface area contributed by atoms with E-state index in [4.69, 9.17) is 24.7 Å². The maximum atomic E-state index is 10.1. The van der Waals surface area contributed by atoms with Crippen molar-refractivity contribution in [2.45, 2.75) is 81.6 Å². The van der Waals surface area contributed by atoms with Gasteiger partial charge in [0.2, 0.25) is 0 Å². The normalized spacial score (nSPS) is 56.6. The van der Waals surface area contributed by atoms with Gasteiger partial charge in [0.1, 0.15) is 19.5 Å². The Morgan fingerprint density at radius 3 is 2.17 bits per heavy atom. The lowest BCUT2D eigenvalue weighted by molar-refractivity contribution is -0.970. The van der Waals surface area contributed by atoms with Gasteiger partial charge in [0, 0.05) is 12.3 Å². The summed E-state index contributed by atoms with van der Waals surface area (Å²) in [6.07, 6.45) is 8.77. The Hall–Kier alpha value is -0.750. The van der Waals surface area contributed by atoms with Crippen molar-refractivity contribution in [3.63, 3.8) is 0 Å². The lowest BCUT2D eigenvalue weighted by atomic mass is 9.61. The van der Waals surface area contributed by atoms with Gasteiger partial charge in [-0.1, -0.05) is 0 Å². The molecule has 2 aliphatic carbocycles. The zero-order chi connectivity index (χ0) is 19.5. The summed E-state index contributed by atoms with van der Waals surface area (Å²) >= 11 is 0. The molecule has 0 amide bonds. The molecular weight excluding hydrogens is 370 g/mol. The van der Waals surface area contributed by atoms with Crippen LogP contribution in [0.15, 0.2) is 0 Å². The fraction of sp³-hybridized carbons (Fsp3) is 0.955. The van der Waals surface area contributed by atoms with Crippen LogP contribution < -0.4 is 10.6 Å². The van der Waals surface area contributed by atoms with Gasteiger partial charge in [0.15, 0.2) is 6.17 Å². The number of nitrogens with two attached hydrogens (primary N) is 1. The topological polar surface area (TPSA) is 91.2 Å². The Balaban J connectivity index is 1.24. The van der Waals surface area contributed by atoms with E-state index >= 15 is 0 Å². The Morgan fingerprint density at radius 1 is 0.759 bits per heavy atom. The molecule has 3 N–H and O–H groups in total. The Bertz CT molecular complexity index is 671. The molecule has 12 atom stereocenters. The second kappa shape index (κ2) is 7.44. The van der Waals surface area contributed by atoms with Gasteiger partial charge in [-0.3, -0.25) is 5.73 Å². The van der Waals surface area contributed by atoms with Gasteiger partial charge in [0.25, 0.3) is 0 Å². The zero-order valence-electron chi connectivity index (χ0n) is 17.1. The van der Waals surface area contributed by atoms with Gasteiger partial charge < -0.3 is 23.8 Å². The van der Waals surface area contributed by atoms with Gasteiger partial charge in [-0.25, -0.2) is 0 Å². The third kappa shape index (κ3) is 3.07. The highest BCUT2D eigenvalue weighted by atomic mass is 16.7. The summed E-state index contributed by atoms with van der Waals surface area (Å²) in [5.74, 6) is 2.23. The van der Waals surface area contributed by atoms with Crippen LogP contribution >= 0.6 is 0 Å². The molecule has 0 radical (unpaired) electrons. The van der Waals surface area contributed by atoms with Crippen LogP contribution in [0.25, 0.3) is 0 Å². The van der Waals surface area contributed by atoms with Crippen molar-refractivity contribution in [3.8, 4) is 6.07 Å². The molecular formula is C22H34N3O4+. The van der Waals surface area contributed by atoms with Gasteiger partial charge >= 0.3 is 0 Å². The van der Waals surface area contributed by atoms with Crippen LogP contribution in [-0.4, -0.2) is 56.8 Å². The highest BCUT2D eigenvalue weighted by Gasteiger charge is 2.56. The van der Waals surface area contributed by atoms with Crippen LogP contribution in [0.4, 0.5) is 0 Å². The minimum Gasteiger partial charge on any atom is -0.349 e. The molecule has 4 aliphatic heterocycles. The first-order chi connectivity index (χ1) is 14.2. The van der Waals surface area contributed by atoms with Crippen LogP contribution in [0.1, 0.15) is 44.9 Å². The fourth-order valence-corrected chi connectivity index (χ4v) is 7.88. The number of fused-ring (bicyclic) bond motifs is 5. The van der Waals surface area contributed by atoms with Crippen LogP contribution in [0.2, 0.25) is 0 Å². The minimum atomic E-state index is -0.0679. The van der Waals surface area contributed by atoms with E-state index in [0.717, 1.165) is 51.0 Å². The van der Waals surface area contributed by atoms with Crippen molar-refractivity contribution in [2.75, 3.05) is 20.1 Å². The van der Waals surface area contributed by atoms with Crippen LogP contribution in [0, 0.1) is 40.9 Å². The molecule has 6 fully saturated rings. The minimum absolute atomic E-state index is 0.0518. The van der Waals surface area contributed by atoms with E-state index in [2.05, 4.69) is 6.07 Å². The second-order valence-electron chi connectivity index (χ2n) is 10.3. The molecule has 2 saturated carbocycles. The number of nitrogens with one attached hydrogen (secondary N) is 1. The van der Waals surface area contributed by atoms with Crippen LogP contribution in [0.3, 0.4) is 0 Å². The smallest absolute Gasteiger partial charge is 0.155 e. The number of piperidine rings is 2. The molecule has 0 aromatic carbocycles. The fourth-order valence-electron chi connectivity index (χ4n) is 7.88. The first-order valence-corrected chi connectivity index (χ1v) is 11.7. The van der Waals surface area contributed by atoms with E-state index in [1.165, 1.54) is 11.3 Å². The average molecular weight is 405 g/mol. The number of nitriles is 1. The molecule has 6 rings (SSSR count). The third-order valence-electron chi connectivity index (χ3n) is 9.31. The Labute approximate surface area is 172 Å². The van der Waals surface area contributed by atoms with Crippen molar-refractivity contribution in [1.29, 1.82) is 5.26 Å². The van der Waals surface area contributed by atoms with E-state index in [9.17, 15) is 5.26 Å². The maximum absolute atomic E-state index is 10.1. The molecule has 12 unspecified atom stereocenters. The highest BCUT2D eigenvalue weighted by Crippen LogP contribution is 2.46. The summed E-state index contributed by atoms with van der Waals surface area (Å²) in [5, 5.41) is 10.1. The molecule has 160 valence electrons. The molecule has 0 aromatic rings. The largest absolute Gasteiger partial charge is 0.349 e. The monoisotopic (exact) mass is 404 g/mol. The molecule has 0 spiro atoms. The van der Waals surface area contributed by atoms with Gasteiger partial charge in [-0.2, -0.15) is 5.26 Å². The summed E-state index contributed by atoms with van der Waals surface area (Å²) in [6.45, 7) is 1.99. The van der Waals surface area contributed by atoms with Crippen molar-refractivity contribution in [3.05, 3.63) is 0 Å². The third-order valence-corrected chi connectivity index (χ3v) is 9.31. The van der Waals surface area contributed by atoms with E-state index in [-0.39, 0.29) is 30.4 Å². The van der Waals surface area contributed by atoms with Crippen molar-refractivity contribution in [2.24, 2.45) is 35.3 Å². The Kier molecular flexibility index (Phi) is 4.87. The molecule has 4 heterocycles. The number of nitrogens with zero attached hydrogens (tertiary/aromatic N) is 1. The quantitative estimate of drug-likeness (QED) is 0.657. The number of ether oxygens (including phenoxy) is 4. The first-order valence-electron chi connectivity index (χ1n) is 11.7. The summed E-state index contributed by atoms with van der Waals surface area (Å²) < 4.78 is 23.3. The summed E-state index contributed by atoms with van der Waals surface area (Å²) in [7, 11) is 0. The molecule has 29 heavy (non-hydrogen) atoms. The molecule has 0 bridgehead atoms. The lowest BCUT2D eigenvalue weighted by Crippen LogP contribution is -3.24. The van der Waals surface area contributed by atoms with Crippen LogP contribution in [-0.2, 0) is 18.9 Å². The summed E-state index contributed by atoms with van der Waals surface area (Å²) in [4.78, 5) is 1.49. The van der Waals surface area contributed by atoms with E-state index in [1.54, 1.807) is 0 Å². The zero-order valence-corrected chi connectivity index (χ0v) is 17.1. The molecule has 0 aromatic heterocycles. The molecule has 6 aliphatic rings. The van der Waals surface area contributed by atoms with E-state index < -0.39 is 0 Å². The average Bonchev–Trinajstić information content (AvgIpc) is 3.40. The predicted molar refractivity (Wildman–Crippen MR) is 102 cm³/mol. The van der Waals surface area contributed by atoms with Crippen molar-refractivity contribution >= 4 is 0 Å². The van der Waals surface area contributed by atoms with Crippen molar-refractivity contribution in [1.82, 2.24) is 0 Å². The number of quaternary nitrogens is 1. The number of hydrogen-bond acceptors (Lipinski definition) is 6. The van der Waals surface area contributed by atoms with E-state index in [1.807, 2.05) is 0 Å². The van der Waals surface area contributed by atoms with Crippen molar-refractivity contribution < 1.29 is 23.8 Å². The lowest BCUT2D eigenvalue weighted by Gasteiger charge is -2.54. The maximum Gasteiger partial charge on any atom is 0.155 e. The van der Waals surface area contributed by atoms with Gasteiger partial charge in [-0.05, 0) is 56.3 Å². The number of hydrogen-bond donors (Lipinski definition) is 2. The Morgan fingerprint density at radius 2 is 1.41 bits per heavy atom. The summed E-state index contributed by atoms with van der Waals surface area (Å²) in [5.41, 5.74) is 6.81. The molecule has 4 saturated heterocycles. The SMILES string of the molecule is N#CC1C(C2CCC3OCOC3C2)CC2C3CC4OCOC4CC3CC[NH+]2C1N. The van der Waals surface area contributed by atoms with Crippen LogP contribution in [0.5, 0.6) is 0 Å². The molecule has 7 heteroatoms. The summed E-state index contributed by atoms with van der Waals surface area (Å²) in [6, 6.07) is 3.20. The predicted octanol–water partition coefficient (Wildman–Crippen LogP) is 0.397. The molecule has 7 nitrogen and oxygen atoms in total. The van der Waals surface area contributed by atoms with Gasteiger partial charge in [-0.15, -0.1) is 0 Å². The number of rotatable bonds is 1. The standard InChI is InChI=1S/C22H33N3O4/c23-9-16-14(12-1-2-18-19(5-12)27-10-26-18)7-17-15-8-21-20(28-11-29-21)6-13(15)3-4-25(17)22(16)24/h12-22H,1-8,10-11,24H2/p+1.